The molecule has 2 nitrogen and oxygen atoms in total. The Balaban J connectivity index is 4.80. The van der Waals surface area contributed by atoms with Gasteiger partial charge in [0.05, 0.1) is 12.0 Å². The Morgan fingerprint density at radius 3 is 1.80 bits per heavy atom. The third-order valence-corrected chi connectivity index (χ3v) is 2.84. The number of carbonyl (C=O) groups excluding carboxylic acids is 1. The second-order valence-corrected chi connectivity index (χ2v) is 5.53. The number of carbonyl (C=O) groups is 1. The Labute approximate surface area is 98.3 Å². The molecule has 0 atom stereocenters. The van der Waals surface area contributed by atoms with Crippen LogP contribution in [0.4, 0.5) is 0 Å². The van der Waals surface area contributed by atoms with Crippen LogP contribution >= 0.6 is 11.6 Å². The third-order valence-electron chi connectivity index (χ3n) is 2.44. The molecule has 0 aliphatic heterocycles. The van der Waals surface area contributed by atoms with Gasteiger partial charge in [0, 0.05) is 7.11 Å². The van der Waals surface area contributed by atoms with Gasteiger partial charge in [0.15, 0.2) is 0 Å². The summed E-state index contributed by atoms with van der Waals surface area (Å²) in [6.07, 6.45) is 1.59. The zero-order valence-electron chi connectivity index (χ0n) is 10.5. The molecule has 0 aromatic rings. The summed E-state index contributed by atoms with van der Waals surface area (Å²) in [5, 5.41) is -0.258. The van der Waals surface area contributed by atoms with E-state index >= 15 is 0 Å². The molecule has 0 heterocycles. The van der Waals surface area contributed by atoms with Crippen molar-refractivity contribution in [2.45, 2.75) is 40.5 Å². The summed E-state index contributed by atoms with van der Waals surface area (Å²) >= 11 is 5.75. The molecule has 0 saturated heterocycles. The average Bonchev–Trinajstić information content (AvgIpc) is 2.01. The lowest BCUT2D eigenvalue weighted by Gasteiger charge is -2.32. The molecule has 0 radical (unpaired) electrons. The van der Waals surface area contributed by atoms with Gasteiger partial charge in [-0.15, -0.1) is 0 Å². The van der Waals surface area contributed by atoms with Crippen molar-refractivity contribution in [1.82, 2.24) is 0 Å². The number of methoxy groups -OCH3 is 1. The first-order chi connectivity index (χ1) is 6.84. The maximum Gasteiger partial charge on any atom is 0.230 e. The van der Waals surface area contributed by atoms with Gasteiger partial charge in [-0.1, -0.05) is 27.7 Å². The minimum Gasteiger partial charge on any atom is -0.384 e. The van der Waals surface area contributed by atoms with Gasteiger partial charge in [-0.2, -0.15) is 0 Å². The molecule has 0 aromatic heterocycles. The van der Waals surface area contributed by atoms with E-state index in [1.165, 1.54) is 0 Å². The van der Waals surface area contributed by atoms with E-state index in [1.54, 1.807) is 7.11 Å². The molecule has 0 aliphatic rings. The van der Waals surface area contributed by atoms with E-state index in [9.17, 15) is 4.79 Å². The summed E-state index contributed by atoms with van der Waals surface area (Å²) in [5.74, 6) is 0.892. The van der Waals surface area contributed by atoms with E-state index < -0.39 is 5.41 Å². The number of ether oxygens (including phenoxy) is 1. The zero-order chi connectivity index (χ0) is 12.1. The fourth-order valence-electron chi connectivity index (χ4n) is 2.26. The molecular formula is C12H23ClO2. The van der Waals surface area contributed by atoms with E-state index in [1.807, 2.05) is 0 Å². The van der Waals surface area contributed by atoms with Crippen LogP contribution in [0.1, 0.15) is 40.5 Å². The van der Waals surface area contributed by atoms with Gasteiger partial charge < -0.3 is 4.74 Å². The molecule has 0 amide bonds. The normalized spacial score (nSPS) is 12.5. The lowest BCUT2D eigenvalue weighted by atomic mass is 9.76. The van der Waals surface area contributed by atoms with Gasteiger partial charge in [-0.05, 0) is 36.3 Å². The van der Waals surface area contributed by atoms with Gasteiger partial charge in [0.25, 0.3) is 0 Å². The molecule has 0 rings (SSSR count). The molecule has 0 saturated carbocycles. The first-order valence-electron chi connectivity index (χ1n) is 5.53. The van der Waals surface area contributed by atoms with Crippen LogP contribution in [-0.4, -0.2) is 19.0 Å². The van der Waals surface area contributed by atoms with Gasteiger partial charge in [-0.25, -0.2) is 0 Å². The van der Waals surface area contributed by atoms with Crippen molar-refractivity contribution in [2.75, 3.05) is 13.7 Å². The lowest BCUT2D eigenvalue weighted by molar-refractivity contribution is -0.126. The first kappa shape index (κ1) is 14.9. The Morgan fingerprint density at radius 2 is 1.60 bits per heavy atom. The molecule has 15 heavy (non-hydrogen) atoms. The Hall–Kier alpha value is -0.0800. The van der Waals surface area contributed by atoms with Crippen LogP contribution in [0.25, 0.3) is 0 Å². The molecule has 3 heteroatoms. The van der Waals surface area contributed by atoms with Crippen LogP contribution in [0.5, 0.6) is 0 Å². The van der Waals surface area contributed by atoms with Gasteiger partial charge in [0.2, 0.25) is 5.24 Å². The smallest absolute Gasteiger partial charge is 0.230 e. The van der Waals surface area contributed by atoms with Crippen LogP contribution in [0, 0.1) is 17.3 Å². The fraction of sp³-hybridized carbons (Fsp3) is 0.917. The van der Waals surface area contributed by atoms with Crippen molar-refractivity contribution in [3.8, 4) is 0 Å². The van der Waals surface area contributed by atoms with E-state index in [-0.39, 0.29) is 5.24 Å². The number of hydrogen-bond acceptors (Lipinski definition) is 2. The summed E-state index contributed by atoms with van der Waals surface area (Å²) in [5.41, 5.74) is -0.501. The van der Waals surface area contributed by atoms with E-state index in [0.717, 1.165) is 12.8 Å². The minimum atomic E-state index is -0.501. The molecule has 0 spiro atoms. The van der Waals surface area contributed by atoms with E-state index in [4.69, 9.17) is 16.3 Å². The standard InChI is InChI=1S/C12H23ClO2/c1-9(2)6-12(8-15-5,11(13)14)7-10(3)4/h9-10H,6-8H2,1-5H3. The van der Waals surface area contributed by atoms with Crippen LogP contribution in [0.15, 0.2) is 0 Å². The Kier molecular flexibility index (Phi) is 6.46. The highest BCUT2D eigenvalue weighted by molar-refractivity contribution is 6.64. The molecule has 0 bridgehead atoms. The molecule has 0 fully saturated rings. The van der Waals surface area contributed by atoms with Gasteiger partial charge in [-0.3, -0.25) is 4.79 Å². The fourth-order valence-corrected chi connectivity index (χ4v) is 2.47. The third kappa shape index (κ3) is 4.98. The summed E-state index contributed by atoms with van der Waals surface area (Å²) in [6, 6.07) is 0. The maximum absolute atomic E-state index is 11.6. The van der Waals surface area contributed by atoms with Crippen molar-refractivity contribution >= 4 is 16.8 Å². The summed E-state index contributed by atoms with van der Waals surface area (Å²) < 4.78 is 5.17. The number of rotatable bonds is 7. The van der Waals surface area contributed by atoms with Crippen molar-refractivity contribution in [3.05, 3.63) is 0 Å². The van der Waals surface area contributed by atoms with Crippen molar-refractivity contribution < 1.29 is 9.53 Å². The topological polar surface area (TPSA) is 26.3 Å². The average molecular weight is 235 g/mol. The van der Waals surface area contributed by atoms with Gasteiger partial charge in [0.1, 0.15) is 0 Å². The zero-order valence-corrected chi connectivity index (χ0v) is 11.2. The maximum atomic E-state index is 11.6. The predicted octanol–water partition coefficient (Wildman–Crippen LogP) is 3.48. The largest absolute Gasteiger partial charge is 0.384 e. The van der Waals surface area contributed by atoms with Crippen LogP contribution in [0.3, 0.4) is 0 Å². The molecular weight excluding hydrogens is 212 g/mol. The lowest BCUT2D eigenvalue weighted by Crippen LogP contribution is -2.35. The molecule has 0 aromatic carbocycles. The summed E-state index contributed by atoms with van der Waals surface area (Å²) in [4.78, 5) is 11.6. The highest BCUT2D eigenvalue weighted by atomic mass is 35.5. The molecule has 0 unspecified atom stereocenters. The van der Waals surface area contributed by atoms with Crippen molar-refractivity contribution in [2.24, 2.45) is 17.3 Å². The van der Waals surface area contributed by atoms with Crippen LogP contribution in [0.2, 0.25) is 0 Å². The SMILES string of the molecule is COCC(CC(C)C)(CC(C)C)C(=O)Cl. The second-order valence-electron chi connectivity index (χ2n) is 5.18. The Bertz CT molecular complexity index is 190. The highest BCUT2D eigenvalue weighted by Gasteiger charge is 2.38. The van der Waals surface area contributed by atoms with Crippen LogP contribution in [-0.2, 0) is 9.53 Å². The summed E-state index contributed by atoms with van der Waals surface area (Å²) in [7, 11) is 1.62. The van der Waals surface area contributed by atoms with Crippen molar-refractivity contribution in [3.63, 3.8) is 0 Å². The van der Waals surface area contributed by atoms with Gasteiger partial charge >= 0.3 is 0 Å². The Morgan fingerprint density at radius 1 is 1.20 bits per heavy atom. The van der Waals surface area contributed by atoms with Crippen LogP contribution < -0.4 is 0 Å². The monoisotopic (exact) mass is 234 g/mol. The minimum absolute atomic E-state index is 0.258. The quantitative estimate of drug-likeness (QED) is 0.631. The predicted molar refractivity (Wildman–Crippen MR) is 64.1 cm³/mol. The van der Waals surface area contributed by atoms with E-state index in [0.29, 0.717) is 18.4 Å². The molecule has 90 valence electrons. The second kappa shape index (κ2) is 6.49. The number of halogens is 1. The first-order valence-corrected chi connectivity index (χ1v) is 5.90. The molecule has 0 aliphatic carbocycles. The summed E-state index contributed by atoms with van der Waals surface area (Å²) in [6.45, 7) is 8.83. The van der Waals surface area contributed by atoms with Crippen molar-refractivity contribution in [1.29, 1.82) is 0 Å². The number of hydrogen-bond donors (Lipinski definition) is 0. The molecule has 0 N–H and O–H groups in total. The highest BCUT2D eigenvalue weighted by Crippen LogP contribution is 2.36. The van der Waals surface area contributed by atoms with E-state index in [2.05, 4.69) is 27.7 Å².